The highest BCUT2D eigenvalue weighted by Gasteiger charge is 2.44. The van der Waals surface area contributed by atoms with Gasteiger partial charge in [-0.15, -0.1) is 0 Å². The molecular weight excluding hydrogens is 316 g/mol. The van der Waals surface area contributed by atoms with E-state index in [1.807, 2.05) is 28.1 Å². The number of pyridine rings is 1. The molecule has 0 unspecified atom stereocenters. The molecule has 1 aromatic heterocycles. The normalized spacial score (nSPS) is 24.7. The van der Waals surface area contributed by atoms with Crippen molar-refractivity contribution in [2.45, 2.75) is 51.6 Å². The molecule has 2 amide bonds. The Hall–Kier alpha value is -1.95. The summed E-state index contributed by atoms with van der Waals surface area (Å²) in [5, 5.41) is 0. The second-order valence-corrected chi connectivity index (χ2v) is 8.16. The zero-order valence-electron chi connectivity index (χ0n) is 15.2. The van der Waals surface area contributed by atoms with Crippen molar-refractivity contribution in [2.75, 3.05) is 19.6 Å². The van der Waals surface area contributed by atoms with Gasteiger partial charge in [0, 0.05) is 50.4 Å². The standard InChI is InChI=1S/C19H28N4O2/c1-18(2,20)17(25)22-10-4-7-19(13-22)8-6-16(24)23(14-19)12-15-5-3-9-21-11-15/h3,5,9,11H,4,6-8,10,12-14,20H2,1-2H3/t19-/m0/s1. The van der Waals surface area contributed by atoms with Crippen LogP contribution in [0.15, 0.2) is 24.5 Å². The molecule has 1 spiro atoms. The van der Waals surface area contributed by atoms with Crippen molar-refractivity contribution >= 4 is 11.8 Å². The third kappa shape index (κ3) is 4.00. The molecule has 2 N–H and O–H groups in total. The fourth-order valence-electron chi connectivity index (χ4n) is 4.08. The summed E-state index contributed by atoms with van der Waals surface area (Å²) in [6.07, 6.45) is 6.97. The Labute approximate surface area is 149 Å². The van der Waals surface area contributed by atoms with E-state index < -0.39 is 5.54 Å². The van der Waals surface area contributed by atoms with Crippen LogP contribution in [0.3, 0.4) is 0 Å². The van der Waals surface area contributed by atoms with Gasteiger partial charge >= 0.3 is 0 Å². The number of hydrogen-bond acceptors (Lipinski definition) is 4. The van der Waals surface area contributed by atoms with Crippen molar-refractivity contribution in [3.05, 3.63) is 30.1 Å². The number of nitrogens with two attached hydrogens (primary N) is 1. The van der Waals surface area contributed by atoms with Crippen LogP contribution < -0.4 is 5.73 Å². The summed E-state index contributed by atoms with van der Waals surface area (Å²) >= 11 is 0. The lowest BCUT2D eigenvalue weighted by Crippen LogP contribution is -2.59. The van der Waals surface area contributed by atoms with Gasteiger partial charge in [0.25, 0.3) is 0 Å². The van der Waals surface area contributed by atoms with Crippen molar-refractivity contribution in [3.63, 3.8) is 0 Å². The molecule has 136 valence electrons. The van der Waals surface area contributed by atoms with E-state index in [9.17, 15) is 9.59 Å². The van der Waals surface area contributed by atoms with Gasteiger partial charge in [-0.1, -0.05) is 6.07 Å². The van der Waals surface area contributed by atoms with Gasteiger partial charge in [-0.3, -0.25) is 14.6 Å². The average molecular weight is 344 g/mol. The second kappa shape index (κ2) is 6.75. The number of aromatic nitrogens is 1. The van der Waals surface area contributed by atoms with Crippen LogP contribution in [0, 0.1) is 5.41 Å². The first-order chi connectivity index (χ1) is 11.8. The summed E-state index contributed by atoms with van der Waals surface area (Å²) < 4.78 is 0. The minimum Gasteiger partial charge on any atom is -0.340 e. The molecule has 25 heavy (non-hydrogen) atoms. The van der Waals surface area contributed by atoms with E-state index in [2.05, 4.69) is 4.98 Å². The summed E-state index contributed by atoms with van der Waals surface area (Å²) in [5.41, 5.74) is 6.20. The number of amides is 2. The van der Waals surface area contributed by atoms with Crippen LogP contribution in [0.5, 0.6) is 0 Å². The molecule has 0 aromatic carbocycles. The van der Waals surface area contributed by atoms with E-state index in [1.54, 1.807) is 20.0 Å². The number of carbonyl (C=O) groups excluding carboxylic acids is 2. The topological polar surface area (TPSA) is 79.5 Å². The van der Waals surface area contributed by atoms with Gasteiger partial charge in [0.2, 0.25) is 11.8 Å². The van der Waals surface area contributed by atoms with Gasteiger partial charge in [-0.25, -0.2) is 0 Å². The molecule has 0 saturated carbocycles. The minimum absolute atomic E-state index is 0.00212. The van der Waals surface area contributed by atoms with Crippen LogP contribution in [0.4, 0.5) is 0 Å². The largest absolute Gasteiger partial charge is 0.340 e. The van der Waals surface area contributed by atoms with Crippen molar-refractivity contribution in [1.29, 1.82) is 0 Å². The van der Waals surface area contributed by atoms with Gasteiger partial charge in [0.1, 0.15) is 0 Å². The maximum absolute atomic E-state index is 12.6. The molecule has 0 aliphatic carbocycles. The quantitative estimate of drug-likeness (QED) is 0.902. The zero-order chi connectivity index (χ0) is 18.1. The van der Waals surface area contributed by atoms with Crippen LogP contribution >= 0.6 is 0 Å². The van der Waals surface area contributed by atoms with Gasteiger partial charge in [0.15, 0.2) is 0 Å². The fraction of sp³-hybridized carbons (Fsp3) is 0.632. The molecule has 2 saturated heterocycles. The molecule has 6 nitrogen and oxygen atoms in total. The molecule has 6 heteroatoms. The number of nitrogens with zero attached hydrogens (tertiary/aromatic N) is 3. The van der Waals surface area contributed by atoms with Crippen molar-refractivity contribution < 1.29 is 9.59 Å². The van der Waals surface area contributed by atoms with E-state index in [0.717, 1.165) is 31.4 Å². The SMILES string of the molecule is CC(C)(N)C(=O)N1CCC[C@]2(CCC(=O)N(Cc3cccnc3)C2)C1. The number of rotatable bonds is 3. The van der Waals surface area contributed by atoms with Gasteiger partial charge < -0.3 is 15.5 Å². The third-order valence-electron chi connectivity index (χ3n) is 5.34. The Kier molecular flexibility index (Phi) is 4.82. The minimum atomic E-state index is -0.849. The van der Waals surface area contributed by atoms with E-state index in [1.165, 1.54) is 0 Å². The molecule has 2 fully saturated rings. The number of carbonyl (C=O) groups is 2. The molecule has 1 aromatic rings. The summed E-state index contributed by atoms with van der Waals surface area (Å²) in [6.45, 7) is 6.27. The Balaban J connectivity index is 1.72. The number of hydrogen-bond donors (Lipinski definition) is 1. The van der Waals surface area contributed by atoms with E-state index in [0.29, 0.717) is 26.1 Å². The van der Waals surface area contributed by atoms with E-state index in [-0.39, 0.29) is 17.2 Å². The molecular formula is C19H28N4O2. The first kappa shape index (κ1) is 17.9. The van der Waals surface area contributed by atoms with Crippen molar-refractivity contribution in [1.82, 2.24) is 14.8 Å². The lowest BCUT2D eigenvalue weighted by atomic mass is 9.73. The monoisotopic (exact) mass is 344 g/mol. The van der Waals surface area contributed by atoms with Gasteiger partial charge in [0.05, 0.1) is 5.54 Å². The lowest BCUT2D eigenvalue weighted by molar-refractivity contribution is -0.145. The highest BCUT2D eigenvalue weighted by molar-refractivity contribution is 5.85. The molecule has 0 radical (unpaired) electrons. The van der Waals surface area contributed by atoms with Crippen LogP contribution in [0.1, 0.15) is 45.1 Å². The predicted molar refractivity (Wildman–Crippen MR) is 95.4 cm³/mol. The number of likely N-dealkylation sites (tertiary alicyclic amines) is 2. The maximum Gasteiger partial charge on any atom is 0.242 e. The van der Waals surface area contributed by atoms with Gasteiger partial charge in [-0.05, 0) is 44.7 Å². The van der Waals surface area contributed by atoms with E-state index in [4.69, 9.17) is 5.73 Å². The molecule has 0 bridgehead atoms. The lowest BCUT2D eigenvalue weighted by Gasteiger charge is -2.49. The molecule has 2 aliphatic heterocycles. The zero-order valence-corrected chi connectivity index (χ0v) is 15.2. The second-order valence-electron chi connectivity index (χ2n) is 8.16. The van der Waals surface area contributed by atoms with Gasteiger partial charge in [-0.2, -0.15) is 0 Å². The Morgan fingerprint density at radius 1 is 1.36 bits per heavy atom. The Morgan fingerprint density at radius 3 is 2.84 bits per heavy atom. The van der Waals surface area contributed by atoms with Crippen LogP contribution in [0.2, 0.25) is 0 Å². The highest BCUT2D eigenvalue weighted by atomic mass is 16.2. The maximum atomic E-state index is 12.6. The van der Waals surface area contributed by atoms with E-state index >= 15 is 0 Å². The smallest absolute Gasteiger partial charge is 0.242 e. The van der Waals surface area contributed by atoms with Crippen LogP contribution in [-0.4, -0.2) is 51.8 Å². The fourth-order valence-corrected chi connectivity index (χ4v) is 4.08. The summed E-state index contributed by atoms with van der Waals surface area (Å²) in [7, 11) is 0. The number of piperidine rings is 2. The average Bonchev–Trinajstić information content (AvgIpc) is 2.58. The molecule has 3 heterocycles. The van der Waals surface area contributed by atoms with Crippen molar-refractivity contribution in [3.8, 4) is 0 Å². The first-order valence-corrected chi connectivity index (χ1v) is 9.04. The first-order valence-electron chi connectivity index (χ1n) is 9.04. The highest BCUT2D eigenvalue weighted by Crippen LogP contribution is 2.39. The third-order valence-corrected chi connectivity index (χ3v) is 5.34. The predicted octanol–water partition coefficient (Wildman–Crippen LogP) is 1.55. The summed E-state index contributed by atoms with van der Waals surface area (Å²) in [5.74, 6) is 0.194. The van der Waals surface area contributed by atoms with Crippen molar-refractivity contribution in [2.24, 2.45) is 11.1 Å². The molecule has 1 atom stereocenters. The Morgan fingerprint density at radius 2 is 2.16 bits per heavy atom. The summed E-state index contributed by atoms with van der Waals surface area (Å²) in [6, 6.07) is 3.89. The molecule has 3 rings (SSSR count). The van der Waals surface area contributed by atoms with Crippen LogP contribution in [0.25, 0.3) is 0 Å². The Bertz CT molecular complexity index is 641. The summed E-state index contributed by atoms with van der Waals surface area (Å²) in [4.78, 5) is 33.0. The van der Waals surface area contributed by atoms with Crippen LogP contribution in [-0.2, 0) is 16.1 Å². The molecule has 2 aliphatic rings.